The molecule has 1 unspecified atom stereocenters. The number of Topliss-reactive ketones (excluding diaryl/α,β-unsaturated/α-hetero) is 2. The van der Waals surface area contributed by atoms with Crippen LogP contribution in [0.15, 0.2) is 36.0 Å². The van der Waals surface area contributed by atoms with Crippen LogP contribution in [0.3, 0.4) is 0 Å². The first-order chi connectivity index (χ1) is 27.0. The molecule has 1 saturated carbocycles. The number of ether oxygens (including phenoxy) is 5. The van der Waals surface area contributed by atoms with Gasteiger partial charge in [-0.2, -0.15) is 0 Å². The van der Waals surface area contributed by atoms with Crippen molar-refractivity contribution in [2.24, 2.45) is 29.6 Å². The molecule has 2 saturated heterocycles. The average molecular weight is 802 g/mol. The molecule has 322 valence electrons. The van der Waals surface area contributed by atoms with Gasteiger partial charge in [-0.05, 0) is 113 Å². The number of piperidine rings is 1. The number of carbonyl (C=O) groups is 4. The van der Waals surface area contributed by atoms with Crippen molar-refractivity contribution in [2.75, 3.05) is 27.9 Å². The Kier molecular flexibility index (Phi) is 17.3. The number of hydrogen-bond acceptors (Lipinski definition) is 11. The van der Waals surface area contributed by atoms with Crippen molar-refractivity contribution in [1.82, 2.24) is 4.90 Å². The molecule has 1 aliphatic carbocycles. The molecule has 0 spiro atoms. The number of aliphatic hydroxyl groups is 2. The van der Waals surface area contributed by atoms with Gasteiger partial charge in [0.15, 0.2) is 5.78 Å². The van der Waals surface area contributed by atoms with E-state index in [1.54, 1.807) is 41.3 Å². The van der Waals surface area contributed by atoms with Crippen LogP contribution in [0.25, 0.3) is 0 Å². The lowest BCUT2D eigenvalue weighted by molar-refractivity contribution is -0.229. The van der Waals surface area contributed by atoms with E-state index >= 15 is 0 Å². The number of nitrogens with zero attached hydrogens (tertiary/aromatic N) is 1. The zero-order valence-electron chi connectivity index (χ0n) is 35.9. The maximum absolute atomic E-state index is 14.5. The van der Waals surface area contributed by atoms with E-state index in [0.29, 0.717) is 68.9 Å². The zero-order chi connectivity index (χ0) is 42.2. The summed E-state index contributed by atoms with van der Waals surface area (Å²) in [5, 5.41) is 22.2. The van der Waals surface area contributed by atoms with Crippen molar-refractivity contribution in [2.45, 2.75) is 167 Å². The van der Waals surface area contributed by atoms with Crippen molar-refractivity contribution in [1.29, 1.82) is 0 Å². The first kappa shape index (κ1) is 46.9. The molecule has 2 bridgehead atoms. The highest BCUT2D eigenvalue weighted by Crippen LogP contribution is 2.40. The van der Waals surface area contributed by atoms with Gasteiger partial charge in [-0.15, -0.1) is 6.58 Å². The van der Waals surface area contributed by atoms with Crippen molar-refractivity contribution in [3.05, 3.63) is 36.0 Å². The molecule has 4 aliphatic rings. The van der Waals surface area contributed by atoms with Crippen LogP contribution in [0.2, 0.25) is 0 Å². The van der Waals surface area contributed by atoms with Crippen LogP contribution >= 0.6 is 0 Å². The molecule has 0 aromatic rings. The summed E-state index contributed by atoms with van der Waals surface area (Å²) in [7, 11) is 4.79. The third kappa shape index (κ3) is 11.3. The molecular weight excluding hydrogens is 730 g/mol. The van der Waals surface area contributed by atoms with E-state index in [4.69, 9.17) is 23.7 Å². The normalized spacial score (nSPS) is 40.1. The largest absolute Gasteiger partial charge is 0.456 e. The SMILES string of the molecule is C=CCC1=CC(C)C[C@H](C)C[C@H](OC)[C@H]2O[C@@](C)(C(=O)C(=O)N3CCCC[C@H]3C(=O)O[C@H](C(C)=C[C@@H]3CC[C@@H](O)[C@H](OC)C3)[C@H](C)[C@@H](O)CC1=O)[C@H](C)C[C@@H]2OC. The summed E-state index contributed by atoms with van der Waals surface area (Å²) < 4.78 is 30.5. The highest BCUT2D eigenvalue weighted by Gasteiger charge is 2.54. The van der Waals surface area contributed by atoms with Gasteiger partial charge in [0, 0.05) is 40.2 Å². The van der Waals surface area contributed by atoms with E-state index in [1.165, 1.54) is 4.90 Å². The molecule has 4 rings (SSSR count). The number of hydrogen-bond donors (Lipinski definition) is 2. The molecule has 2 N–H and O–H groups in total. The highest BCUT2D eigenvalue weighted by molar-refractivity contribution is 6.39. The first-order valence-corrected chi connectivity index (χ1v) is 21.2. The number of methoxy groups -OCH3 is 3. The maximum Gasteiger partial charge on any atom is 0.329 e. The minimum atomic E-state index is -1.51. The molecule has 57 heavy (non-hydrogen) atoms. The molecule has 0 radical (unpaired) electrons. The number of fused-ring (bicyclic) bond motifs is 3. The number of allylic oxidation sites excluding steroid dienone is 4. The Morgan fingerprint density at radius 3 is 2.23 bits per heavy atom. The number of aliphatic hydroxyl groups excluding tert-OH is 2. The molecule has 3 fully saturated rings. The van der Waals surface area contributed by atoms with Gasteiger partial charge in [-0.1, -0.05) is 45.9 Å². The predicted molar refractivity (Wildman–Crippen MR) is 216 cm³/mol. The summed E-state index contributed by atoms with van der Waals surface area (Å²) >= 11 is 0. The van der Waals surface area contributed by atoms with E-state index < -0.39 is 65.7 Å². The van der Waals surface area contributed by atoms with Crippen LogP contribution in [-0.2, 0) is 42.9 Å². The first-order valence-electron chi connectivity index (χ1n) is 21.2. The molecule has 3 aliphatic heterocycles. The van der Waals surface area contributed by atoms with Crippen LogP contribution in [0.1, 0.15) is 112 Å². The molecule has 14 atom stereocenters. The summed E-state index contributed by atoms with van der Waals surface area (Å²) in [6.45, 7) is 15.4. The van der Waals surface area contributed by atoms with E-state index in [2.05, 4.69) is 20.4 Å². The second kappa shape index (κ2) is 21.0. The molecule has 0 aromatic carbocycles. The van der Waals surface area contributed by atoms with E-state index in [9.17, 15) is 29.4 Å². The number of carbonyl (C=O) groups excluding carboxylic acids is 4. The third-order valence-electron chi connectivity index (χ3n) is 13.3. The molecule has 3 heterocycles. The second-order valence-corrected chi connectivity index (χ2v) is 17.7. The Morgan fingerprint density at radius 2 is 1.58 bits per heavy atom. The fourth-order valence-corrected chi connectivity index (χ4v) is 9.64. The van der Waals surface area contributed by atoms with Gasteiger partial charge in [0.25, 0.3) is 11.7 Å². The van der Waals surface area contributed by atoms with Gasteiger partial charge in [0.2, 0.25) is 0 Å². The van der Waals surface area contributed by atoms with E-state index in [1.807, 2.05) is 26.0 Å². The van der Waals surface area contributed by atoms with Gasteiger partial charge in [0.1, 0.15) is 23.9 Å². The summed E-state index contributed by atoms with van der Waals surface area (Å²) in [6, 6.07) is -1.03. The Labute approximate surface area is 340 Å². The fourth-order valence-electron chi connectivity index (χ4n) is 9.64. The van der Waals surface area contributed by atoms with Crippen molar-refractivity contribution < 1.29 is 53.1 Å². The predicted octanol–water partition coefficient (Wildman–Crippen LogP) is 5.71. The molecule has 0 aromatic heterocycles. The highest BCUT2D eigenvalue weighted by atomic mass is 16.6. The molecular formula is C45H71NO11. The van der Waals surface area contributed by atoms with Crippen molar-refractivity contribution in [3.8, 4) is 0 Å². The quantitative estimate of drug-likeness (QED) is 0.185. The fraction of sp³-hybridized carbons (Fsp3) is 0.778. The van der Waals surface area contributed by atoms with Gasteiger partial charge in [-0.25, -0.2) is 4.79 Å². The number of amides is 1. The van der Waals surface area contributed by atoms with Gasteiger partial charge in [0.05, 0.1) is 30.5 Å². The number of esters is 1. The van der Waals surface area contributed by atoms with Crippen molar-refractivity contribution >= 4 is 23.4 Å². The Balaban J connectivity index is 1.78. The summed E-state index contributed by atoms with van der Waals surface area (Å²) in [6.07, 6.45) is 6.45. The average Bonchev–Trinajstić information content (AvgIpc) is 3.18. The lowest BCUT2D eigenvalue weighted by atomic mass is 9.76. The Hall–Kier alpha value is -2.74. The maximum atomic E-state index is 14.5. The number of cyclic esters (lactones) is 1. The van der Waals surface area contributed by atoms with Crippen LogP contribution in [-0.4, -0.2) is 121 Å². The van der Waals surface area contributed by atoms with Gasteiger partial charge < -0.3 is 38.8 Å². The monoisotopic (exact) mass is 802 g/mol. The lowest BCUT2D eigenvalue weighted by Crippen LogP contribution is -2.63. The number of ketones is 2. The van der Waals surface area contributed by atoms with Gasteiger partial charge in [-0.3, -0.25) is 14.4 Å². The Morgan fingerprint density at radius 1 is 0.912 bits per heavy atom. The minimum absolute atomic E-state index is 0.00345. The smallest absolute Gasteiger partial charge is 0.329 e. The lowest BCUT2D eigenvalue weighted by Gasteiger charge is -2.48. The molecule has 1 amide bonds. The molecule has 12 heteroatoms. The van der Waals surface area contributed by atoms with Crippen LogP contribution in [0.5, 0.6) is 0 Å². The summed E-state index contributed by atoms with van der Waals surface area (Å²) in [5.41, 5.74) is -0.257. The van der Waals surface area contributed by atoms with E-state index in [0.717, 1.165) is 6.42 Å². The van der Waals surface area contributed by atoms with Gasteiger partial charge >= 0.3 is 5.97 Å². The Bertz CT molecular complexity index is 1480. The second-order valence-electron chi connectivity index (χ2n) is 17.7. The third-order valence-corrected chi connectivity index (χ3v) is 13.3. The standard InChI is InChI=1S/C45H71NO11/c1-11-14-32-20-26(2)19-27(3)21-38(54-9)41-39(55-10)23-29(5)45(7,57-41)42(50)43(51)46-18-13-12-15-33(46)44(52)56-40(30(6)35(48)25-36(32)49)28(4)22-31-16-17-34(47)37(24-31)53-8/h11,20,22,26-27,29-31,33-35,37-41,47-48H,1,12-19,21,23-25H2,2-10H3/t26?,27-,29+,30+,31-,33-,34+,35-,37+,38-,39-,40+,41+,45+/m0/s1. The number of rotatable bonds is 7. The molecule has 12 nitrogen and oxygen atoms in total. The minimum Gasteiger partial charge on any atom is -0.456 e. The van der Waals surface area contributed by atoms with Crippen LogP contribution in [0, 0.1) is 29.6 Å². The van der Waals surface area contributed by atoms with Crippen LogP contribution < -0.4 is 0 Å². The van der Waals surface area contributed by atoms with E-state index in [-0.39, 0.29) is 54.6 Å². The van der Waals surface area contributed by atoms with Crippen molar-refractivity contribution in [3.63, 3.8) is 0 Å². The zero-order valence-corrected chi connectivity index (χ0v) is 35.9. The van der Waals surface area contributed by atoms with Crippen LogP contribution in [0.4, 0.5) is 0 Å². The summed E-state index contributed by atoms with van der Waals surface area (Å²) in [5.74, 6) is -3.36. The summed E-state index contributed by atoms with van der Waals surface area (Å²) in [4.78, 5) is 58.4. The topological polar surface area (TPSA) is 158 Å².